The average Bonchev–Trinajstić information content (AvgIpc) is 2.42. The highest BCUT2D eigenvalue weighted by Gasteiger charge is 2.42. The molecule has 1 fully saturated rings. The zero-order valence-corrected chi connectivity index (χ0v) is 13.7. The number of rotatable bonds is 6. The van der Waals surface area contributed by atoms with E-state index >= 15 is 0 Å². The molecule has 0 bridgehead atoms. The molecule has 1 N–H and O–H groups in total. The molecule has 120 valence electrons. The number of carboxylic acids is 1. The van der Waals surface area contributed by atoms with E-state index in [9.17, 15) is 14.7 Å². The van der Waals surface area contributed by atoms with Gasteiger partial charge < -0.3 is 14.9 Å². The van der Waals surface area contributed by atoms with Gasteiger partial charge in [-0.15, -0.1) is 0 Å². The molecule has 0 saturated carbocycles. The Morgan fingerprint density at radius 1 is 1.33 bits per heavy atom. The van der Waals surface area contributed by atoms with Crippen molar-refractivity contribution in [2.75, 3.05) is 33.7 Å². The maximum absolute atomic E-state index is 12.2. The van der Waals surface area contributed by atoms with Crippen LogP contribution in [0, 0.1) is 5.41 Å². The van der Waals surface area contributed by atoms with Gasteiger partial charge in [-0.1, -0.05) is 11.6 Å². The molecular weight excluding hydrogens is 268 g/mol. The standard InChI is InChI=1S/C16H28N2O3/c1-13(2)6-9-16(15(20)21)8-5-10-18(12-16)14(19)7-11-17(3)4/h6H,5,7-12H2,1-4H3,(H,20,21)/t16-/m0/s1. The molecule has 0 aromatic heterocycles. The predicted molar refractivity (Wildman–Crippen MR) is 83.1 cm³/mol. The van der Waals surface area contributed by atoms with E-state index in [1.165, 1.54) is 0 Å². The second-order valence-corrected chi connectivity index (χ2v) is 6.54. The molecule has 5 nitrogen and oxygen atoms in total. The molecule has 1 atom stereocenters. The van der Waals surface area contributed by atoms with Gasteiger partial charge in [0.25, 0.3) is 0 Å². The smallest absolute Gasteiger partial charge is 0.311 e. The predicted octanol–water partition coefficient (Wildman–Crippen LogP) is 1.99. The lowest BCUT2D eigenvalue weighted by Gasteiger charge is -2.39. The van der Waals surface area contributed by atoms with Gasteiger partial charge in [0, 0.05) is 26.1 Å². The maximum atomic E-state index is 12.2. The van der Waals surface area contributed by atoms with Crippen molar-refractivity contribution < 1.29 is 14.7 Å². The van der Waals surface area contributed by atoms with Crippen molar-refractivity contribution >= 4 is 11.9 Å². The summed E-state index contributed by atoms with van der Waals surface area (Å²) in [6.07, 6.45) is 4.33. The van der Waals surface area contributed by atoms with Crippen LogP contribution in [0.2, 0.25) is 0 Å². The first-order valence-electron chi connectivity index (χ1n) is 7.56. The SMILES string of the molecule is CC(C)=CC[C@@]1(C(=O)O)CCCN(C(=O)CCN(C)C)C1. The van der Waals surface area contributed by atoms with E-state index < -0.39 is 11.4 Å². The number of carboxylic acid groups (broad SMARTS) is 1. The summed E-state index contributed by atoms with van der Waals surface area (Å²) in [4.78, 5) is 27.7. The molecule has 5 heteroatoms. The van der Waals surface area contributed by atoms with E-state index in [0.29, 0.717) is 38.9 Å². The van der Waals surface area contributed by atoms with Gasteiger partial charge in [-0.25, -0.2) is 0 Å². The zero-order chi connectivity index (χ0) is 16.0. The summed E-state index contributed by atoms with van der Waals surface area (Å²) in [5, 5.41) is 9.64. The summed E-state index contributed by atoms with van der Waals surface area (Å²) in [6, 6.07) is 0. The van der Waals surface area contributed by atoms with Gasteiger partial charge in [-0.2, -0.15) is 0 Å². The van der Waals surface area contributed by atoms with Crippen LogP contribution in [0.3, 0.4) is 0 Å². The lowest BCUT2D eigenvalue weighted by atomic mass is 9.76. The summed E-state index contributed by atoms with van der Waals surface area (Å²) < 4.78 is 0. The van der Waals surface area contributed by atoms with E-state index in [0.717, 1.165) is 12.0 Å². The van der Waals surface area contributed by atoms with E-state index in [4.69, 9.17) is 0 Å². The van der Waals surface area contributed by atoms with Crippen molar-refractivity contribution in [2.24, 2.45) is 5.41 Å². The fourth-order valence-corrected chi connectivity index (χ4v) is 2.65. The van der Waals surface area contributed by atoms with Crippen molar-refractivity contribution in [3.63, 3.8) is 0 Å². The Bertz CT molecular complexity index is 414. The van der Waals surface area contributed by atoms with Crippen molar-refractivity contribution in [3.8, 4) is 0 Å². The van der Waals surface area contributed by atoms with Gasteiger partial charge in [0.05, 0.1) is 5.41 Å². The molecule has 0 spiro atoms. The third-order valence-corrected chi connectivity index (χ3v) is 4.06. The lowest BCUT2D eigenvalue weighted by molar-refractivity contribution is -0.154. The lowest BCUT2D eigenvalue weighted by Crippen LogP contribution is -2.50. The number of amides is 1. The van der Waals surface area contributed by atoms with Crippen LogP contribution in [-0.4, -0.2) is 60.5 Å². The Morgan fingerprint density at radius 2 is 2.00 bits per heavy atom. The highest BCUT2D eigenvalue weighted by atomic mass is 16.4. The second kappa shape index (κ2) is 7.59. The van der Waals surface area contributed by atoms with Crippen LogP contribution in [0.4, 0.5) is 0 Å². The largest absolute Gasteiger partial charge is 0.481 e. The zero-order valence-electron chi connectivity index (χ0n) is 13.7. The molecule has 1 aliphatic heterocycles. The van der Waals surface area contributed by atoms with Crippen molar-refractivity contribution in [3.05, 3.63) is 11.6 Å². The summed E-state index contributed by atoms with van der Waals surface area (Å²) in [5.74, 6) is -0.726. The summed E-state index contributed by atoms with van der Waals surface area (Å²) in [6.45, 7) is 5.65. The van der Waals surface area contributed by atoms with E-state index in [1.807, 2.05) is 38.9 Å². The highest BCUT2D eigenvalue weighted by Crippen LogP contribution is 2.35. The third kappa shape index (κ3) is 5.16. The number of piperidine rings is 1. The maximum Gasteiger partial charge on any atom is 0.311 e. The van der Waals surface area contributed by atoms with Gasteiger partial charge in [0.15, 0.2) is 0 Å². The normalized spacial score (nSPS) is 22.2. The van der Waals surface area contributed by atoms with Gasteiger partial charge in [-0.05, 0) is 47.2 Å². The first-order valence-corrected chi connectivity index (χ1v) is 7.56. The van der Waals surface area contributed by atoms with Crippen LogP contribution in [0.15, 0.2) is 11.6 Å². The number of nitrogens with zero attached hydrogens (tertiary/aromatic N) is 2. The molecule has 0 aromatic rings. The molecule has 1 amide bonds. The van der Waals surface area contributed by atoms with Gasteiger partial charge in [-0.3, -0.25) is 9.59 Å². The molecule has 0 radical (unpaired) electrons. The van der Waals surface area contributed by atoms with E-state index in [-0.39, 0.29) is 5.91 Å². The Balaban J connectivity index is 2.76. The minimum atomic E-state index is -0.816. The molecule has 21 heavy (non-hydrogen) atoms. The van der Waals surface area contributed by atoms with Crippen LogP contribution in [-0.2, 0) is 9.59 Å². The quantitative estimate of drug-likeness (QED) is 0.762. The van der Waals surface area contributed by atoms with Crippen LogP contribution in [0.25, 0.3) is 0 Å². The summed E-state index contributed by atoms with van der Waals surface area (Å²) >= 11 is 0. The average molecular weight is 296 g/mol. The fourth-order valence-electron chi connectivity index (χ4n) is 2.65. The minimum absolute atomic E-state index is 0.0613. The number of aliphatic carboxylic acids is 1. The Hall–Kier alpha value is -1.36. The van der Waals surface area contributed by atoms with Crippen molar-refractivity contribution in [2.45, 2.75) is 39.5 Å². The van der Waals surface area contributed by atoms with Crippen LogP contribution >= 0.6 is 0 Å². The summed E-state index contributed by atoms with van der Waals surface area (Å²) in [5.41, 5.74) is 0.301. The minimum Gasteiger partial charge on any atom is -0.481 e. The fraction of sp³-hybridized carbons (Fsp3) is 0.750. The topological polar surface area (TPSA) is 60.9 Å². The van der Waals surface area contributed by atoms with Crippen molar-refractivity contribution in [1.29, 1.82) is 0 Å². The molecule has 1 saturated heterocycles. The number of carbonyl (C=O) groups is 2. The number of allylic oxidation sites excluding steroid dienone is 2. The number of carbonyl (C=O) groups excluding carboxylic acids is 1. The summed E-state index contributed by atoms with van der Waals surface area (Å²) in [7, 11) is 3.86. The molecule has 0 aromatic carbocycles. The van der Waals surface area contributed by atoms with Crippen molar-refractivity contribution in [1.82, 2.24) is 9.80 Å². The van der Waals surface area contributed by atoms with Gasteiger partial charge >= 0.3 is 5.97 Å². The van der Waals surface area contributed by atoms with Crippen LogP contribution in [0.1, 0.15) is 39.5 Å². The van der Waals surface area contributed by atoms with Crippen LogP contribution in [0.5, 0.6) is 0 Å². The highest BCUT2D eigenvalue weighted by molar-refractivity contribution is 5.80. The van der Waals surface area contributed by atoms with Gasteiger partial charge in [0.1, 0.15) is 0 Å². The number of likely N-dealkylation sites (tertiary alicyclic amines) is 1. The molecular formula is C16H28N2O3. The Morgan fingerprint density at radius 3 is 2.52 bits per heavy atom. The number of hydrogen-bond acceptors (Lipinski definition) is 3. The van der Waals surface area contributed by atoms with E-state index in [1.54, 1.807) is 4.90 Å². The van der Waals surface area contributed by atoms with E-state index in [2.05, 4.69) is 0 Å². The van der Waals surface area contributed by atoms with Crippen LogP contribution < -0.4 is 0 Å². The third-order valence-electron chi connectivity index (χ3n) is 4.06. The number of hydrogen-bond donors (Lipinski definition) is 1. The monoisotopic (exact) mass is 296 g/mol. The Kier molecular flexibility index (Phi) is 6.40. The molecule has 1 heterocycles. The second-order valence-electron chi connectivity index (χ2n) is 6.54. The molecule has 0 aliphatic carbocycles. The first kappa shape index (κ1) is 17.7. The van der Waals surface area contributed by atoms with Gasteiger partial charge in [0.2, 0.25) is 5.91 Å². The molecule has 1 rings (SSSR count). The Labute approximate surface area is 127 Å². The first-order chi connectivity index (χ1) is 9.77. The molecule has 1 aliphatic rings. The molecule has 0 unspecified atom stereocenters.